The van der Waals surface area contributed by atoms with Gasteiger partial charge in [-0.3, -0.25) is 0 Å². The fourth-order valence-electron chi connectivity index (χ4n) is 1.29. The van der Waals surface area contributed by atoms with E-state index in [1.165, 1.54) is 6.07 Å². The smallest absolute Gasteiger partial charge is 0.223 e. The third-order valence-electron chi connectivity index (χ3n) is 1.97. The van der Waals surface area contributed by atoms with Gasteiger partial charge in [0.2, 0.25) is 5.95 Å². The summed E-state index contributed by atoms with van der Waals surface area (Å²) in [4.78, 5) is 7.39. The van der Waals surface area contributed by atoms with Gasteiger partial charge in [-0.05, 0) is 12.1 Å². The minimum absolute atomic E-state index is 0.0722. The van der Waals surface area contributed by atoms with Crippen molar-refractivity contribution in [2.45, 2.75) is 0 Å². The monoisotopic (exact) mass is 334 g/mol. The molecule has 2 aromatic rings. The van der Waals surface area contributed by atoms with Gasteiger partial charge >= 0.3 is 0 Å². The van der Waals surface area contributed by atoms with E-state index in [-0.39, 0.29) is 22.6 Å². The molecule has 0 spiro atoms. The van der Waals surface area contributed by atoms with Gasteiger partial charge in [0.05, 0.1) is 0 Å². The Morgan fingerprint density at radius 3 is 2.33 bits per heavy atom. The van der Waals surface area contributed by atoms with Gasteiger partial charge in [0.25, 0.3) is 0 Å². The van der Waals surface area contributed by atoms with Crippen molar-refractivity contribution in [2.24, 2.45) is 0 Å². The summed E-state index contributed by atoms with van der Waals surface area (Å²) >= 11 is 8.64. The van der Waals surface area contributed by atoms with Crippen LogP contribution in [-0.4, -0.2) is 9.97 Å². The fraction of sp³-hybridized carbons (Fsp3) is 0. The van der Waals surface area contributed by atoms with Crippen molar-refractivity contribution in [1.29, 1.82) is 0 Å². The van der Waals surface area contributed by atoms with Crippen molar-refractivity contribution in [2.75, 3.05) is 11.1 Å². The molecule has 0 fully saturated rings. The Balaban J connectivity index is 2.40. The predicted molar refractivity (Wildman–Crippen MR) is 68.8 cm³/mol. The second-order valence-electron chi connectivity index (χ2n) is 3.30. The van der Waals surface area contributed by atoms with Crippen LogP contribution in [0.2, 0.25) is 5.15 Å². The van der Waals surface area contributed by atoms with E-state index in [0.717, 1.165) is 12.1 Å². The van der Waals surface area contributed by atoms with E-state index in [9.17, 15) is 8.78 Å². The molecule has 3 N–H and O–H groups in total. The summed E-state index contributed by atoms with van der Waals surface area (Å²) in [5, 5.41) is 2.54. The highest BCUT2D eigenvalue weighted by molar-refractivity contribution is 9.10. The molecule has 0 amide bonds. The van der Waals surface area contributed by atoms with Gasteiger partial charge in [0.1, 0.15) is 16.7 Å². The highest BCUT2D eigenvalue weighted by Crippen LogP contribution is 2.27. The summed E-state index contributed by atoms with van der Waals surface area (Å²) < 4.78 is 27.4. The van der Waals surface area contributed by atoms with Gasteiger partial charge in [-0.25, -0.2) is 13.8 Å². The lowest BCUT2D eigenvalue weighted by molar-refractivity contribution is 0.589. The van der Waals surface area contributed by atoms with Crippen LogP contribution in [0.4, 0.5) is 26.2 Å². The molecular formula is C10H6BrClF2N4. The Morgan fingerprint density at radius 2 is 1.78 bits per heavy atom. The molecule has 4 nitrogen and oxygen atoms in total. The van der Waals surface area contributed by atoms with E-state index in [4.69, 9.17) is 17.3 Å². The van der Waals surface area contributed by atoms with Crippen LogP contribution in [0, 0.1) is 11.6 Å². The van der Waals surface area contributed by atoms with Gasteiger partial charge in [0, 0.05) is 10.5 Å². The first-order valence-corrected chi connectivity index (χ1v) is 5.84. The Morgan fingerprint density at radius 1 is 1.17 bits per heavy atom. The molecule has 1 aromatic carbocycles. The van der Waals surface area contributed by atoms with Gasteiger partial charge in [0.15, 0.2) is 11.6 Å². The molecule has 94 valence electrons. The van der Waals surface area contributed by atoms with E-state index >= 15 is 0 Å². The molecule has 0 aliphatic carbocycles. The molecule has 1 heterocycles. The van der Waals surface area contributed by atoms with E-state index < -0.39 is 11.6 Å². The highest BCUT2D eigenvalue weighted by atomic mass is 79.9. The molecular weight excluding hydrogens is 329 g/mol. The normalized spacial score (nSPS) is 10.4. The SMILES string of the molecule is Nc1nc(Cl)cc(Nc2c(F)cc(Br)cc2F)n1. The number of benzene rings is 1. The van der Waals surface area contributed by atoms with Crippen molar-refractivity contribution < 1.29 is 8.78 Å². The number of rotatable bonds is 2. The lowest BCUT2D eigenvalue weighted by Gasteiger charge is -2.09. The van der Waals surface area contributed by atoms with Crippen molar-refractivity contribution in [3.63, 3.8) is 0 Å². The Kier molecular flexibility index (Phi) is 3.63. The first kappa shape index (κ1) is 13.0. The molecule has 0 bridgehead atoms. The number of aromatic nitrogens is 2. The average molecular weight is 336 g/mol. The lowest BCUT2D eigenvalue weighted by Crippen LogP contribution is -2.03. The van der Waals surface area contributed by atoms with Crippen LogP contribution in [0.15, 0.2) is 22.7 Å². The summed E-state index contributed by atoms with van der Waals surface area (Å²) in [5.74, 6) is -1.53. The second kappa shape index (κ2) is 5.03. The molecule has 18 heavy (non-hydrogen) atoms. The highest BCUT2D eigenvalue weighted by Gasteiger charge is 2.12. The number of anilines is 3. The number of nitrogens with zero attached hydrogens (tertiary/aromatic N) is 2. The largest absolute Gasteiger partial charge is 0.368 e. The van der Waals surface area contributed by atoms with Crippen molar-refractivity contribution >= 4 is 45.0 Å². The van der Waals surface area contributed by atoms with E-state index in [2.05, 4.69) is 31.2 Å². The molecule has 0 atom stereocenters. The number of halogens is 4. The minimum atomic E-state index is -0.768. The van der Waals surface area contributed by atoms with Gasteiger partial charge in [-0.15, -0.1) is 0 Å². The van der Waals surface area contributed by atoms with Crippen LogP contribution in [0.3, 0.4) is 0 Å². The average Bonchev–Trinajstić information content (AvgIpc) is 2.22. The van der Waals surface area contributed by atoms with Gasteiger partial charge in [-0.2, -0.15) is 4.98 Å². The third-order valence-corrected chi connectivity index (χ3v) is 2.62. The number of nitrogen functional groups attached to an aromatic ring is 1. The standard InChI is InChI=1S/C10H6BrClF2N4/c11-4-1-5(13)9(6(14)2-4)17-8-3-7(12)16-10(15)18-8/h1-3H,(H3,15,16,17,18). The van der Waals surface area contributed by atoms with Crippen LogP contribution in [0.1, 0.15) is 0 Å². The van der Waals surface area contributed by atoms with Crippen molar-refractivity contribution in [3.05, 3.63) is 39.5 Å². The maximum Gasteiger partial charge on any atom is 0.223 e. The van der Waals surface area contributed by atoms with Crippen molar-refractivity contribution in [3.8, 4) is 0 Å². The van der Waals surface area contributed by atoms with Crippen LogP contribution >= 0.6 is 27.5 Å². The van der Waals surface area contributed by atoms with Gasteiger partial charge in [-0.1, -0.05) is 27.5 Å². The van der Waals surface area contributed by atoms with E-state index in [1.807, 2.05) is 0 Å². The molecule has 2 rings (SSSR count). The first-order chi connectivity index (χ1) is 8.45. The fourth-order valence-corrected chi connectivity index (χ4v) is 1.88. The predicted octanol–water partition coefficient (Wildman–Crippen LogP) is 3.50. The lowest BCUT2D eigenvalue weighted by atomic mass is 10.3. The van der Waals surface area contributed by atoms with E-state index in [0.29, 0.717) is 4.47 Å². The summed E-state index contributed by atoms with van der Waals surface area (Å²) in [6.45, 7) is 0. The van der Waals surface area contributed by atoms with Crippen molar-refractivity contribution in [1.82, 2.24) is 9.97 Å². The van der Waals surface area contributed by atoms with Crippen LogP contribution in [-0.2, 0) is 0 Å². The zero-order chi connectivity index (χ0) is 13.3. The Bertz CT molecular complexity index is 565. The third kappa shape index (κ3) is 2.85. The van der Waals surface area contributed by atoms with E-state index in [1.54, 1.807) is 0 Å². The molecule has 8 heteroatoms. The summed E-state index contributed by atoms with van der Waals surface area (Å²) in [5.41, 5.74) is 5.03. The zero-order valence-electron chi connectivity index (χ0n) is 8.72. The molecule has 0 aliphatic heterocycles. The quantitative estimate of drug-likeness (QED) is 0.825. The molecule has 0 unspecified atom stereocenters. The second-order valence-corrected chi connectivity index (χ2v) is 4.61. The summed E-state index contributed by atoms with van der Waals surface area (Å²) in [6, 6.07) is 3.55. The zero-order valence-corrected chi connectivity index (χ0v) is 11.1. The number of hydrogen-bond acceptors (Lipinski definition) is 4. The summed E-state index contributed by atoms with van der Waals surface area (Å²) in [6.07, 6.45) is 0. The molecule has 1 aromatic heterocycles. The van der Waals surface area contributed by atoms with Crippen LogP contribution in [0.25, 0.3) is 0 Å². The van der Waals surface area contributed by atoms with Crippen LogP contribution < -0.4 is 11.1 Å². The molecule has 0 saturated heterocycles. The molecule has 0 aliphatic rings. The first-order valence-electron chi connectivity index (χ1n) is 4.67. The topological polar surface area (TPSA) is 63.8 Å². The Labute approximate surface area is 114 Å². The summed E-state index contributed by atoms with van der Waals surface area (Å²) in [7, 11) is 0. The number of nitrogens with one attached hydrogen (secondary N) is 1. The number of hydrogen-bond donors (Lipinski definition) is 2. The molecule has 0 saturated carbocycles. The van der Waals surface area contributed by atoms with Crippen LogP contribution in [0.5, 0.6) is 0 Å². The minimum Gasteiger partial charge on any atom is -0.368 e. The number of nitrogens with two attached hydrogens (primary N) is 1. The maximum absolute atomic E-state index is 13.6. The molecule has 0 radical (unpaired) electrons. The van der Waals surface area contributed by atoms with Gasteiger partial charge < -0.3 is 11.1 Å². The Hall–Kier alpha value is -1.47. The maximum atomic E-state index is 13.6.